The largest absolute Gasteiger partial charge is 1.00 e. The molecule has 0 aromatic carbocycles. The van der Waals surface area contributed by atoms with E-state index in [1.165, 1.54) is 0 Å². The second-order valence-corrected chi connectivity index (χ2v) is 2.70. The van der Waals surface area contributed by atoms with Gasteiger partial charge in [-0.1, -0.05) is 0 Å². The summed E-state index contributed by atoms with van der Waals surface area (Å²) in [6.07, 6.45) is 0. The molecule has 0 heterocycles. The van der Waals surface area contributed by atoms with Crippen molar-refractivity contribution in [3.8, 4) is 0 Å². The Labute approximate surface area is 91.8 Å². The molecule has 44 valence electrons. The van der Waals surface area contributed by atoms with Gasteiger partial charge < -0.3 is 1.43 Å². The van der Waals surface area contributed by atoms with Crippen LogP contribution in [0.4, 0.5) is 0 Å². The number of hydrogen-bond acceptors (Lipinski definition) is 3. The van der Waals surface area contributed by atoms with Crippen LogP contribution in [-0.4, -0.2) is 13.5 Å². The van der Waals surface area contributed by atoms with Crippen molar-refractivity contribution in [3.05, 3.63) is 0 Å². The number of primary sulfonamides is 1. The van der Waals surface area contributed by atoms with Crippen LogP contribution in [0.15, 0.2) is 0 Å². The molecule has 0 aliphatic heterocycles. The summed E-state index contributed by atoms with van der Waals surface area (Å²) in [6.45, 7) is 0.898. The molecule has 4 nitrogen and oxygen atoms in total. The molecule has 0 aliphatic rings. The average Bonchev–Trinajstić information content (AvgIpc) is 1.31. The van der Waals surface area contributed by atoms with E-state index < -0.39 is 15.1 Å². The molecule has 6 heteroatoms. The van der Waals surface area contributed by atoms with Gasteiger partial charge in [0.15, 0.2) is 0 Å². The predicted octanol–water partition coefficient (Wildman–Crippen LogP) is -4.06. The van der Waals surface area contributed by atoms with Crippen LogP contribution in [0.5, 0.6) is 0 Å². The van der Waals surface area contributed by atoms with Crippen molar-refractivity contribution in [3.63, 3.8) is 0 Å². The first-order valence-electron chi connectivity index (χ1n) is 1.48. The monoisotopic (exact) mass is 163 g/mol. The summed E-state index contributed by atoms with van der Waals surface area (Å²) >= 11 is 0. The SMILES string of the molecule is CC(=O)S(N)(=O)=O.[H-].[K+]. The molecule has 0 aliphatic carbocycles. The van der Waals surface area contributed by atoms with Crippen LogP contribution in [0.2, 0.25) is 0 Å². The van der Waals surface area contributed by atoms with E-state index in [9.17, 15) is 13.2 Å². The Morgan fingerprint density at radius 3 is 1.75 bits per heavy atom. The smallest absolute Gasteiger partial charge is 1.00 e. The third-order valence-corrected chi connectivity index (χ3v) is 1.20. The van der Waals surface area contributed by atoms with Crippen molar-refractivity contribution < 1.29 is 66.0 Å². The Morgan fingerprint density at radius 1 is 1.62 bits per heavy atom. The molecule has 0 radical (unpaired) electrons. The Hall–Kier alpha value is 1.22. The zero-order valence-electron chi connectivity index (χ0n) is 5.71. The molecule has 0 unspecified atom stereocenters. The zero-order chi connectivity index (χ0) is 6.08. The molecule has 0 aromatic heterocycles. The van der Waals surface area contributed by atoms with Gasteiger partial charge in [-0.15, -0.1) is 0 Å². The predicted molar refractivity (Wildman–Crippen MR) is 24.9 cm³/mol. The Balaban J connectivity index is -0.000000180. The summed E-state index contributed by atoms with van der Waals surface area (Å²) < 4.78 is 19.5. The molecule has 0 rings (SSSR count). The maximum absolute atomic E-state index is 9.76. The number of nitrogens with two attached hydrogens (primary N) is 1. The van der Waals surface area contributed by atoms with Crippen LogP contribution in [0.1, 0.15) is 8.35 Å². The minimum absolute atomic E-state index is 0. The van der Waals surface area contributed by atoms with Gasteiger partial charge in [0.05, 0.1) is 0 Å². The molecule has 8 heavy (non-hydrogen) atoms. The second-order valence-electron chi connectivity index (χ2n) is 1.04. The van der Waals surface area contributed by atoms with Crippen LogP contribution in [0.3, 0.4) is 0 Å². The van der Waals surface area contributed by atoms with Gasteiger partial charge in [0, 0.05) is 6.92 Å². The van der Waals surface area contributed by atoms with Gasteiger partial charge in [0.2, 0.25) is 0 Å². The average molecular weight is 163 g/mol. The van der Waals surface area contributed by atoms with E-state index in [0.717, 1.165) is 6.92 Å². The van der Waals surface area contributed by atoms with E-state index in [4.69, 9.17) is 0 Å². The number of hydrogen-bond donors (Lipinski definition) is 1. The summed E-state index contributed by atoms with van der Waals surface area (Å²) in [5.41, 5.74) is 0. The Morgan fingerprint density at radius 2 is 1.75 bits per heavy atom. The van der Waals surface area contributed by atoms with Gasteiger partial charge in [0.25, 0.3) is 15.1 Å². The van der Waals surface area contributed by atoms with E-state index >= 15 is 0 Å². The third kappa shape index (κ3) is 5.35. The van der Waals surface area contributed by atoms with Crippen molar-refractivity contribution in [1.82, 2.24) is 0 Å². The Bertz CT molecular complexity index is 176. The molecular formula is C2H6KNO3S. The first-order chi connectivity index (χ1) is 2.94. The fourth-order valence-corrected chi connectivity index (χ4v) is 0. The summed E-state index contributed by atoms with van der Waals surface area (Å²) in [7, 11) is -3.88. The normalized spacial score (nSPS) is 9.75. The standard InChI is InChI=1S/C2H5NO3S.K.H/c1-2(4)7(3,5)6;;/h1H3,(H2,3,5,6);;/q;+1;-1. The van der Waals surface area contributed by atoms with Crippen molar-refractivity contribution in [1.29, 1.82) is 0 Å². The van der Waals surface area contributed by atoms with E-state index in [-0.39, 0.29) is 52.8 Å². The zero-order valence-corrected chi connectivity index (χ0v) is 8.65. The second kappa shape index (κ2) is 4.10. The van der Waals surface area contributed by atoms with Crippen LogP contribution >= 0.6 is 0 Å². The molecule has 0 saturated heterocycles. The molecule has 0 amide bonds. The minimum Gasteiger partial charge on any atom is -1.00 e. The fourth-order valence-electron chi connectivity index (χ4n) is 0. The molecule has 0 atom stereocenters. The number of carbonyl (C=O) groups is 1. The molecular weight excluding hydrogens is 157 g/mol. The summed E-state index contributed by atoms with van der Waals surface area (Å²) in [5.74, 6) is 0. The minimum atomic E-state index is -3.88. The Kier molecular flexibility index (Phi) is 6.12. The summed E-state index contributed by atoms with van der Waals surface area (Å²) in [5, 5.41) is 3.29. The van der Waals surface area contributed by atoms with Gasteiger partial charge in [-0.3, -0.25) is 4.79 Å². The van der Waals surface area contributed by atoms with Crippen molar-refractivity contribution in [2.45, 2.75) is 6.92 Å². The maximum Gasteiger partial charge on any atom is 1.00 e. The third-order valence-electron chi connectivity index (χ3n) is 0.401. The van der Waals surface area contributed by atoms with Crippen LogP contribution in [0, 0.1) is 0 Å². The van der Waals surface area contributed by atoms with Crippen LogP contribution in [-0.2, 0) is 14.8 Å². The van der Waals surface area contributed by atoms with Crippen LogP contribution in [0.25, 0.3) is 0 Å². The molecule has 0 saturated carbocycles. The number of rotatable bonds is 0. The summed E-state index contributed by atoms with van der Waals surface area (Å²) in [4.78, 5) is 9.75. The fraction of sp³-hybridized carbons (Fsp3) is 0.500. The van der Waals surface area contributed by atoms with Crippen molar-refractivity contribution >= 4 is 15.1 Å². The molecule has 0 bridgehead atoms. The summed E-state index contributed by atoms with van der Waals surface area (Å²) in [6, 6.07) is 0. The first-order valence-corrected chi connectivity index (χ1v) is 3.02. The van der Waals surface area contributed by atoms with E-state index in [0.29, 0.717) is 0 Å². The molecule has 0 fully saturated rings. The van der Waals surface area contributed by atoms with Gasteiger partial charge in [-0.05, 0) is 0 Å². The molecule has 0 spiro atoms. The van der Waals surface area contributed by atoms with E-state index in [1.54, 1.807) is 0 Å². The van der Waals surface area contributed by atoms with Gasteiger partial charge in [-0.2, -0.15) is 0 Å². The van der Waals surface area contributed by atoms with E-state index in [1.807, 2.05) is 0 Å². The van der Waals surface area contributed by atoms with Crippen molar-refractivity contribution in [2.75, 3.05) is 0 Å². The number of sulfonamides is 1. The van der Waals surface area contributed by atoms with Gasteiger partial charge in [-0.25, -0.2) is 13.6 Å². The van der Waals surface area contributed by atoms with Gasteiger partial charge >= 0.3 is 51.4 Å². The topological polar surface area (TPSA) is 77.2 Å². The molecule has 0 aromatic rings. The van der Waals surface area contributed by atoms with Crippen LogP contribution < -0.4 is 56.5 Å². The number of carbonyl (C=O) groups excluding carboxylic acids is 1. The van der Waals surface area contributed by atoms with Gasteiger partial charge in [0.1, 0.15) is 0 Å². The molecule has 2 N–H and O–H groups in total. The van der Waals surface area contributed by atoms with Crippen molar-refractivity contribution in [2.24, 2.45) is 5.14 Å². The van der Waals surface area contributed by atoms with E-state index in [2.05, 4.69) is 5.14 Å². The first kappa shape index (κ1) is 11.9. The maximum atomic E-state index is 9.76. The quantitative estimate of drug-likeness (QED) is 0.369.